The summed E-state index contributed by atoms with van der Waals surface area (Å²) in [5.74, 6) is -0.220. The van der Waals surface area contributed by atoms with Crippen LogP contribution in [-0.4, -0.2) is 33.8 Å². The molecule has 3 heterocycles. The van der Waals surface area contributed by atoms with Gasteiger partial charge in [0.25, 0.3) is 0 Å². The van der Waals surface area contributed by atoms with Crippen molar-refractivity contribution < 1.29 is 4.79 Å². The van der Waals surface area contributed by atoms with Gasteiger partial charge in [0.2, 0.25) is 5.91 Å². The minimum Gasteiger partial charge on any atom is -0.329 e. The first-order valence-electron chi connectivity index (χ1n) is 7.58. The number of fused-ring (bicyclic) bond motifs is 2. The van der Waals surface area contributed by atoms with Crippen LogP contribution in [0, 0.1) is 0 Å². The maximum atomic E-state index is 11.7. The Morgan fingerprint density at radius 1 is 1.29 bits per heavy atom. The van der Waals surface area contributed by atoms with Gasteiger partial charge in [-0.05, 0) is 18.2 Å². The van der Waals surface area contributed by atoms with Crippen LogP contribution in [0.25, 0.3) is 22.2 Å². The van der Waals surface area contributed by atoms with Crippen LogP contribution in [0.1, 0.15) is 0 Å². The van der Waals surface area contributed by atoms with Crippen LogP contribution in [0.4, 0.5) is 5.69 Å². The van der Waals surface area contributed by atoms with E-state index in [1.54, 1.807) is 18.0 Å². The van der Waals surface area contributed by atoms with Crippen LogP contribution in [0.3, 0.4) is 0 Å². The maximum Gasteiger partial charge on any atom is 0.238 e. The summed E-state index contributed by atoms with van der Waals surface area (Å²) < 4.78 is 1.91. The van der Waals surface area contributed by atoms with Crippen molar-refractivity contribution in [1.82, 2.24) is 14.8 Å². The van der Waals surface area contributed by atoms with E-state index in [9.17, 15) is 4.79 Å². The van der Waals surface area contributed by atoms with Crippen LogP contribution in [-0.2, 0) is 11.3 Å². The number of hydrogen-bond acceptors (Lipinski definition) is 6. The Morgan fingerprint density at radius 3 is 2.96 bits per heavy atom. The summed E-state index contributed by atoms with van der Waals surface area (Å²) in [6.45, 7) is 1.08. The van der Waals surface area contributed by atoms with E-state index in [-0.39, 0.29) is 12.5 Å². The zero-order valence-electron chi connectivity index (χ0n) is 12.8. The number of nitrogens with zero attached hydrogens (tertiary/aromatic N) is 3. The van der Waals surface area contributed by atoms with Crippen molar-refractivity contribution in [3.05, 3.63) is 30.6 Å². The quantitative estimate of drug-likeness (QED) is 0.518. The highest BCUT2D eigenvalue weighted by Crippen LogP contribution is 2.49. The largest absolute Gasteiger partial charge is 0.329 e. The number of carbonyl (C=O) groups is 1. The van der Waals surface area contributed by atoms with Gasteiger partial charge in [0.05, 0.1) is 24.3 Å². The molecule has 0 unspecified atom stereocenters. The summed E-state index contributed by atoms with van der Waals surface area (Å²) in [5, 5.41) is 8.63. The van der Waals surface area contributed by atoms with Crippen molar-refractivity contribution in [2.24, 2.45) is 11.5 Å². The van der Waals surface area contributed by atoms with Gasteiger partial charge in [-0.1, -0.05) is 11.8 Å². The summed E-state index contributed by atoms with van der Waals surface area (Å²) in [6.07, 6.45) is 3.58. The molecule has 0 aliphatic carbocycles. The third-order valence-electron chi connectivity index (χ3n) is 3.92. The molecule has 2 aromatic heterocycles. The molecule has 1 aliphatic heterocycles. The maximum absolute atomic E-state index is 11.7. The van der Waals surface area contributed by atoms with Crippen LogP contribution < -0.4 is 16.8 Å². The number of pyridine rings is 1. The average Bonchev–Trinajstić information content (AvgIpc) is 2.97. The molecule has 0 bridgehead atoms. The predicted octanol–water partition coefficient (Wildman–Crippen LogP) is 1.42. The Hall–Kier alpha value is -2.42. The van der Waals surface area contributed by atoms with Crippen molar-refractivity contribution >= 4 is 34.3 Å². The van der Waals surface area contributed by atoms with E-state index in [2.05, 4.69) is 10.3 Å². The predicted molar refractivity (Wildman–Crippen MR) is 93.8 cm³/mol. The van der Waals surface area contributed by atoms with E-state index in [0.29, 0.717) is 13.1 Å². The molecule has 1 aromatic carbocycles. The van der Waals surface area contributed by atoms with Gasteiger partial charge in [-0.15, -0.1) is 0 Å². The monoisotopic (exact) mass is 340 g/mol. The number of aromatic nitrogens is 3. The lowest BCUT2D eigenvalue weighted by molar-refractivity contribution is -0.114. The Morgan fingerprint density at radius 2 is 2.17 bits per heavy atom. The molecule has 122 valence electrons. The molecular formula is C16H16N6OS. The molecule has 0 saturated heterocycles. The molecule has 0 saturated carbocycles. The van der Waals surface area contributed by atoms with Crippen LogP contribution >= 0.6 is 11.8 Å². The zero-order valence-corrected chi connectivity index (χ0v) is 13.6. The standard InChI is InChI=1S/C16H16N6OS/c17-4-6-22-11-2-1-10(20-13(23)7-18)16-14(11)15(21-22)9-8-19-5-3-12(9)24-16/h1-3,5,8H,4,6-7,17-18H2,(H,20,23). The first-order chi connectivity index (χ1) is 11.7. The molecule has 0 spiro atoms. The molecule has 0 fully saturated rings. The van der Waals surface area contributed by atoms with Gasteiger partial charge < -0.3 is 16.8 Å². The minimum absolute atomic E-state index is 0.0536. The molecular weight excluding hydrogens is 324 g/mol. The Balaban J connectivity index is 1.98. The molecule has 1 amide bonds. The van der Waals surface area contributed by atoms with Crippen molar-refractivity contribution in [1.29, 1.82) is 0 Å². The highest BCUT2D eigenvalue weighted by Gasteiger charge is 2.26. The van der Waals surface area contributed by atoms with Gasteiger partial charge in [-0.3, -0.25) is 14.5 Å². The van der Waals surface area contributed by atoms with E-state index in [4.69, 9.17) is 16.6 Å². The second kappa shape index (κ2) is 5.90. The van der Waals surface area contributed by atoms with Crippen molar-refractivity contribution in [3.63, 3.8) is 0 Å². The third-order valence-corrected chi connectivity index (χ3v) is 5.12. The third kappa shape index (κ3) is 2.27. The van der Waals surface area contributed by atoms with Crippen molar-refractivity contribution in [3.8, 4) is 11.3 Å². The number of nitrogens with one attached hydrogen (secondary N) is 1. The van der Waals surface area contributed by atoms with Crippen LogP contribution in [0.2, 0.25) is 0 Å². The zero-order chi connectivity index (χ0) is 16.7. The van der Waals surface area contributed by atoms with Gasteiger partial charge >= 0.3 is 0 Å². The first kappa shape index (κ1) is 15.1. The van der Waals surface area contributed by atoms with E-state index in [0.717, 1.165) is 37.6 Å². The summed E-state index contributed by atoms with van der Waals surface area (Å²) in [4.78, 5) is 18.0. The average molecular weight is 340 g/mol. The fraction of sp³-hybridized carbons (Fsp3) is 0.188. The molecule has 4 rings (SSSR count). The number of hydrogen-bond donors (Lipinski definition) is 3. The molecule has 1 aliphatic rings. The van der Waals surface area contributed by atoms with Crippen LogP contribution in [0.5, 0.6) is 0 Å². The fourth-order valence-corrected chi connectivity index (χ4v) is 4.03. The Labute approximate surface area is 142 Å². The molecule has 0 atom stereocenters. The lowest BCUT2D eigenvalue weighted by Gasteiger charge is -2.18. The molecule has 3 aromatic rings. The number of carbonyl (C=O) groups excluding carboxylic acids is 1. The summed E-state index contributed by atoms with van der Waals surface area (Å²) in [5.41, 5.74) is 14.8. The SMILES string of the molecule is NCCn1nc2c3c(c(NC(=O)CN)ccc31)Sc1ccncc1-2. The smallest absolute Gasteiger partial charge is 0.238 e. The highest BCUT2D eigenvalue weighted by atomic mass is 32.2. The van der Waals surface area contributed by atoms with Crippen molar-refractivity contribution in [2.75, 3.05) is 18.4 Å². The van der Waals surface area contributed by atoms with E-state index < -0.39 is 0 Å². The number of rotatable bonds is 4. The number of nitrogens with two attached hydrogens (primary N) is 2. The summed E-state index contributed by atoms with van der Waals surface area (Å²) >= 11 is 1.61. The van der Waals surface area contributed by atoms with Gasteiger partial charge in [0, 0.05) is 39.7 Å². The van der Waals surface area contributed by atoms with Gasteiger partial charge in [0.15, 0.2) is 0 Å². The second-order valence-electron chi connectivity index (χ2n) is 5.42. The lowest BCUT2D eigenvalue weighted by Crippen LogP contribution is -2.22. The number of anilines is 1. The number of amides is 1. The summed E-state index contributed by atoms with van der Waals surface area (Å²) in [7, 11) is 0. The highest BCUT2D eigenvalue weighted by molar-refractivity contribution is 8.00. The number of benzene rings is 1. The second-order valence-corrected chi connectivity index (χ2v) is 6.48. The Kier molecular flexibility index (Phi) is 3.72. The van der Waals surface area contributed by atoms with Gasteiger partial charge in [-0.25, -0.2) is 0 Å². The normalized spacial score (nSPS) is 12.2. The topological polar surface area (TPSA) is 112 Å². The van der Waals surface area contributed by atoms with Gasteiger partial charge in [-0.2, -0.15) is 5.10 Å². The minimum atomic E-state index is -0.220. The Bertz CT molecular complexity index is 951. The molecule has 0 radical (unpaired) electrons. The molecule has 8 heteroatoms. The van der Waals surface area contributed by atoms with E-state index in [1.165, 1.54) is 0 Å². The van der Waals surface area contributed by atoms with Crippen molar-refractivity contribution in [2.45, 2.75) is 16.3 Å². The van der Waals surface area contributed by atoms with E-state index in [1.807, 2.05) is 29.1 Å². The molecule has 24 heavy (non-hydrogen) atoms. The molecule has 7 nitrogen and oxygen atoms in total. The lowest BCUT2D eigenvalue weighted by atomic mass is 10.1. The van der Waals surface area contributed by atoms with E-state index >= 15 is 0 Å². The fourth-order valence-electron chi connectivity index (χ4n) is 2.89. The van der Waals surface area contributed by atoms with Gasteiger partial charge in [0.1, 0.15) is 5.69 Å². The molecule has 5 N–H and O–H groups in total. The summed E-state index contributed by atoms with van der Waals surface area (Å²) in [6, 6.07) is 5.81. The first-order valence-corrected chi connectivity index (χ1v) is 8.40. The van der Waals surface area contributed by atoms with Crippen LogP contribution in [0.15, 0.2) is 40.4 Å².